The highest BCUT2D eigenvalue weighted by Gasteiger charge is 2.24. The molecule has 0 N–H and O–H groups in total. The van der Waals surface area contributed by atoms with Gasteiger partial charge in [0.1, 0.15) is 0 Å². The zero-order chi connectivity index (χ0) is 17.1. The van der Waals surface area contributed by atoms with Gasteiger partial charge < -0.3 is 14.2 Å². The van der Waals surface area contributed by atoms with E-state index in [4.69, 9.17) is 14.2 Å². The molecule has 0 saturated heterocycles. The van der Waals surface area contributed by atoms with Gasteiger partial charge in [0.15, 0.2) is 17.2 Å². The summed E-state index contributed by atoms with van der Waals surface area (Å²) in [6.45, 7) is 1.31. The first-order valence-corrected chi connectivity index (χ1v) is 7.87. The molecule has 7 heteroatoms. The zero-order valence-corrected chi connectivity index (χ0v) is 13.8. The lowest BCUT2D eigenvalue weighted by molar-refractivity contribution is -0.132. The monoisotopic (exact) mass is 343 g/mol. The van der Waals surface area contributed by atoms with Crippen molar-refractivity contribution >= 4 is 35.2 Å². The van der Waals surface area contributed by atoms with Crippen molar-refractivity contribution in [2.24, 2.45) is 4.99 Å². The maximum Gasteiger partial charge on any atom is 0.363 e. The van der Waals surface area contributed by atoms with E-state index in [9.17, 15) is 9.59 Å². The lowest BCUT2D eigenvalue weighted by atomic mass is 10.1. The molecule has 0 amide bonds. The quantitative estimate of drug-likeness (QED) is 0.485. The van der Waals surface area contributed by atoms with Gasteiger partial charge in [-0.2, -0.15) is 0 Å². The van der Waals surface area contributed by atoms with Gasteiger partial charge in [-0.05, 0) is 35.2 Å². The molecule has 0 unspecified atom stereocenters. The molecule has 24 heavy (non-hydrogen) atoms. The Hall–Kier alpha value is -2.93. The first kappa shape index (κ1) is 15.9. The summed E-state index contributed by atoms with van der Waals surface area (Å²) < 4.78 is 15.4. The molecule has 0 bridgehead atoms. The minimum absolute atomic E-state index is 0.195. The third kappa shape index (κ3) is 3.36. The molecule has 3 rings (SSSR count). The van der Waals surface area contributed by atoms with E-state index in [0.717, 1.165) is 4.88 Å². The van der Waals surface area contributed by atoms with Crippen molar-refractivity contribution in [1.82, 2.24) is 0 Å². The molecule has 6 nitrogen and oxygen atoms in total. The molecule has 122 valence electrons. The van der Waals surface area contributed by atoms with Gasteiger partial charge in [-0.3, -0.25) is 4.79 Å². The summed E-state index contributed by atoms with van der Waals surface area (Å²) in [5, 5.41) is 1.88. The van der Waals surface area contributed by atoms with Crippen molar-refractivity contribution in [3.8, 4) is 11.5 Å². The number of esters is 2. The van der Waals surface area contributed by atoms with E-state index < -0.39 is 11.9 Å². The number of aliphatic imine (C=N–C) groups is 1. The molecule has 1 aliphatic heterocycles. The first-order valence-electron chi connectivity index (χ1n) is 6.99. The predicted octanol–water partition coefficient (Wildman–Crippen LogP) is 3.03. The lowest BCUT2D eigenvalue weighted by Crippen LogP contribution is -2.04. The largest absolute Gasteiger partial charge is 0.493 e. The topological polar surface area (TPSA) is 74.2 Å². The molecule has 0 aliphatic carbocycles. The number of cyclic esters (lactones) is 1. The van der Waals surface area contributed by atoms with Crippen LogP contribution in [0.25, 0.3) is 6.08 Å². The zero-order valence-electron chi connectivity index (χ0n) is 12.9. The van der Waals surface area contributed by atoms with Gasteiger partial charge in [-0.15, -0.1) is 11.3 Å². The van der Waals surface area contributed by atoms with Crippen LogP contribution in [-0.2, 0) is 14.3 Å². The van der Waals surface area contributed by atoms with Crippen LogP contribution in [0.15, 0.2) is 46.4 Å². The van der Waals surface area contributed by atoms with Crippen molar-refractivity contribution in [3.63, 3.8) is 0 Å². The van der Waals surface area contributed by atoms with Crippen LogP contribution in [-0.4, -0.2) is 24.9 Å². The van der Waals surface area contributed by atoms with E-state index in [0.29, 0.717) is 23.0 Å². The summed E-state index contributed by atoms with van der Waals surface area (Å²) in [6.07, 6.45) is 1.59. The standard InChI is InChI=1S/C17H13NO5S/c1-10(19)22-13-6-5-11(9-14(13)21-2)8-12-17(20)23-16(18-12)15-4-3-7-24-15/h3-9H,1-2H3. The number of rotatable bonds is 4. The molecule has 2 heterocycles. The van der Waals surface area contributed by atoms with Crippen LogP contribution in [0.1, 0.15) is 17.4 Å². The summed E-state index contributed by atoms with van der Waals surface area (Å²) in [4.78, 5) is 28.0. The fourth-order valence-corrected chi connectivity index (χ4v) is 2.73. The maximum atomic E-state index is 12.0. The third-order valence-electron chi connectivity index (χ3n) is 3.10. The minimum Gasteiger partial charge on any atom is -0.493 e. The Labute approximate surface area is 142 Å². The van der Waals surface area contributed by atoms with Crippen LogP contribution < -0.4 is 9.47 Å². The van der Waals surface area contributed by atoms with E-state index in [1.807, 2.05) is 17.5 Å². The van der Waals surface area contributed by atoms with Crippen molar-refractivity contribution < 1.29 is 23.8 Å². The van der Waals surface area contributed by atoms with Crippen molar-refractivity contribution in [2.45, 2.75) is 6.92 Å². The number of hydrogen-bond acceptors (Lipinski definition) is 7. The second kappa shape index (κ2) is 6.67. The number of benzene rings is 1. The Morgan fingerprint density at radius 2 is 2.12 bits per heavy atom. The molecule has 1 aliphatic rings. The Kier molecular flexibility index (Phi) is 4.43. The summed E-state index contributed by atoms with van der Waals surface area (Å²) in [6, 6.07) is 8.63. The van der Waals surface area contributed by atoms with E-state index in [1.54, 1.807) is 24.3 Å². The molecular weight excluding hydrogens is 330 g/mol. The number of thiophene rings is 1. The van der Waals surface area contributed by atoms with Crippen LogP contribution in [0.4, 0.5) is 0 Å². The maximum absolute atomic E-state index is 12.0. The molecule has 1 aromatic heterocycles. The highest BCUT2D eigenvalue weighted by atomic mass is 32.1. The summed E-state index contributed by atoms with van der Waals surface area (Å²) in [7, 11) is 1.47. The van der Waals surface area contributed by atoms with Crippen LogP contribution in [0.3, 0.4) is 0 Å². The van der Waals surface area contributed by atoms with Gasteiger partial charge >= 0.3 is 11.9 Å². The Balaban J connectivity index is 1.90. The lowest BCUT2D eigenvalue weighted by Gasteiger charge is -2.08. The van der Waals surface area contributed by atoms with E-state index in [1.165, 1.54) is 25.4 Å². The molecule has 0 atom stereocenters. The van der Waals surface area contributed by atoms with Gasteiger partial charge in [-0.1, -0.05) is 12.1 Å². The van der Waals surface area contributed by atoms with Gasteiger partial charge in [0.2, 0.25) is 5.90 Å². The molecule has 2 aromatic rings. The molecule has 0 spiro atoms. The average Bonchev–Trinajstić information content (AvgIpc) is 3.19. The van der Waals surface area contributed by atoms with Gasteiger partial charge in [0, 0.05) is 6.92 Å². The highest BCUT2D eigenvalue weighted by Crippen LogP contribution is 2.30. The van der Waals surface area contributed by atoms with E-state index in [2.05, 4.69) is 4.99 Å². The Bertz CT molecular complexity index is 852. The number of carbonyl (C=O) groups excluding carboxylic acids is 2. The number of nitrogens with zero attached hydrogens (tertiary/aromatic N) is 1. The number of hydrogen-bond donors (Lipinski definition) is 0. The molecule has 0 fully saturated rings. The third-order valence-corrected chi connectivity index (χ3v) is 3.96. The van der Waals surface area contributed by atoms with Crippen LogP contribution in [0.5, 0.6) is 11.5 Å². The summed E-state index contributed by atoms with van der Waals surface area (Å²) >= 11 is 1.44. The number of methoxy groups -OCH3 is 1. The molecule has 0 radical (unpaired) electrons. The fraction of sp³-hybridized carbons (Fsp3) is 0.118. The Morgan fingerprint density at radius 1 is 1.29 bits per heavy atom. The van der Waals surface area contributed by atoms with E-state index in [-0.39, 0.29) is 5.70 Å². The van der Waals surface area contributed by atoms with Gasteiger partial charge in [0.25, 0.3) is 0 Å². The SMILES string of the molecule is COc1cc(C=C2N=C(c3cccs3)OC2=O)ccc1OC(C)=O. The van der Waals surface area contributed by atoms with Crippen molar-refractivity contribution in [1.29, 1.82) is 0 Å². The number of ether oxygens (including phenoxy) is 3. The molecule has 0 saturated carbocycles. The molecular formula is C17H13NO5S. The summed E-state index contributed by atoms with van der Waals surface area (Å²) in [5.74, 6) is 0.0347. The normalized spacial score (nSPS) is 15.2. The second-order valence-corrected chi connectivity index (χ2v) is 5.76. The highest BCUT2D eigenvalue weighted by molar-refractivity contribution is 7.12. The number of carbonyl (C=O) groups is 2. The van der Waals surface area contributed by atoms with Gasteiger partial charge in [0.05, 0.1) is 12.0 Å². The minimum atomic E-state index is -0.513. The van der Waals surface area contributed by atoms with Crippen molar-refractivity contribution in [3.05, 3.63) is 51.8 Å². The molecule has 1 aromatic carbocycles. The van der Waals surface area contributed by atoms with Crippen LogP contribution in [0, 0.1) is 0 Å². The fourth-order valence-electron chi connectivity index (χ4n) is 2.09. The van der Waals surface area contributed by atoms with Crippen LogP contribution >= 0.6 is 11.3 Å². The summed E-state index contributed by atoms with van der Waals surface area (Å²) in [5.41, 5.74) is 0.867. The first-order chi connectivity index (χ1) is 11.6. The second-order valence-electron chi connectivity index (χ2n) is 4.82. The van der Waals surface area contributed by atoms with Crippen LogP contribution in [0.2, 0.25) is 0 Å². The van der Waals surface area contributed by atoms with Crippen molar-refractivity contribution in [2.75, 3.05) is 7.11 Å². The van der Waals surface area contributed by atoms with E-state index >= 15 is 0 Å². The van der Waals surface area contributed by atoms with Gasteiger partial charge in [-0.25, -0.2) is 9.79 Å². The average molecular weight is 343 g/mol. The smallest absolute Gasteiger partial charge is 0.363 e. The predicted molar refractivity (Wildman–Crippen MR) is 89.2 cm³/mol. The Morgan fingerprint density at radius 3 is 2.79 bits per heavy atom.